The van der Waals surface area contributed by atoms with Crippen molar-refractivity contribution in [3.05, 3.63) is 30.1 Å². The molecule has 0 radical (unpaired) electrons. The summed E-state index contributed by atoms with van der Waals surface area (Å²) in [6.45, 7) is 6.44. The molecule has 1 heterocycles. The summed E-state index contributed by atoms with van der Waals surface area (Å²) in [6.07, 6.45) is 2.17. The maximum atomic E-state index is 13.1. The van der Waals surface area contributed by atoms with Crippen molar-refractivity contribution >= 4 is 17.6 Å². The summed E-state index contributed by atoms with van der Waals surface area (Å²) in [5.74, 6) is 0.574. The Morgan fingerprint density at radius 3 is 2.42 bits per heavy atom. The van der Waals surface area contributed by atoms with Gasteiger partial charge in [0.05, 0.1) is 0 Å². The fraction of sp³-hybridized carbons (Fsp3) is 0.579. The number of rotatable bonds is 6. The molecule has 0 saturated carbocycles. The van der Waals surface area contributed by atoms with Crippen molar-refractivity contribution in [2.75, 3.05) is 58.3 Å². The third kappa shape index (κ3) is 5.89. The van der Waals surface area contributed by atoms with Crippen LogP contribution < -0.4 is 10.2 Å². The van der Waals surface area contributed by atoms with Crippen LogP contribution in [0.15, 0.2) is 29.3 Å². The van der Waals surface area contributed by atoms with Gasteiger partial charge >= 0.3 is 0 Å². The van der Waals surface area contributed by atoms with Gasteiger partial charge in [-0.1, -0.05) is 13.3 Å². The maximum absolute atomic E-state index is 13.1. The zero-order chi connectivity index (χ0) is 18.9. The highest BCUT2D eigenvalue weighted by atomic mass is 19.1. The zero-order valence-corrected chi connectivity index (χ0v) is 16.0. The monoisotopic (exact) mass is 363 g/mol. The summed E-state index contributed by atoms with van der Waals surface area (Å²) >= 11 is 0. The number of halogens is 1. The third-order valence-corrected chi connectivity index (χ3v) is 4.45. The van der Waals surface area contributed by atoms with Crippen molar-refractivity contribution in [1.29, 1.82) is 0 Å². The summed E-state index contributed by atoms with van der Waals surface area (Å²) in [5, 5.41) is 3.38. The molecule has 0 aromatic heterocycles. The summed E-state index contributed by atoms with van der Waals surface area (Å²) in [6, 6.07) is 6.62. The minimum absolute atomic E-state index is 0.00950. The number of unbranched alkanes of at least 4 members (excludes halogenated alkanes) is 1. The minimum Gasteiger partial charge on any atom is -0.368 e. The molecule has 0 spiro atoms. The lowest BCUT2D eigenvalue weighted by molar-refractivity contribution is -0.127. The molecule has 1 aromatic carbocycles. The molecule has 0 bridgehead atoms. The molecular formula is C19H30FN5O. The first-order valence-electron chi connectivity index (χ1n) is 9.25. The first kappa shape index (κ1) is 20.0. The van der Waals surface area contributed by atoms with E-state index >= 15 is 0 Å². The van der Waals surface area contributed by atoms with E-state index in [0.29, 0.717) is 0 Å². The second-order valence-corrected chi connectivity index (χ2v) is 6.66. The van der Waals surface area contributed by atoms with Crippen molar-refractivity contribution in [2.24, 2.45) is 4.99 Å². The van der Waals surface area contributed by atoms with E-state index < -0.39 is 0 Å². The molecule has 0 aliphatic carbocycles. The van der Waals surface area contributed by atoms with Crippen LogP contribution in [0.5, 0.6) is 0 Å². The van der Waals surface area contributed by atoms with E-state index in [1.54, 1.807) is 19.0 Å². The molecule has 26 heavy (non-hydrogen) atoms. The highest BCUT2D eigenvalue weighted by Crippen LogP contribution is 2.17. The molecule has 1 fully saturated rings. The number of anilines is 1. The normalized spacial score (nSPS) is 15.2. The van der Waals surface area contributed by atoms with Gasteiger partial charge in [0, 0.05) is 52.5 Å². The van der Waals surface area contributed by atoms with Crippen LogP contribution >= 0.6 is 0 Å². The smallest absolute Gasteiger partial charge is 0.243 e. The number of hydrogen-bond acceptors (Lipinski definition) is 3. The van der Waals surface area contributed by atoms with E-state index in [1.165, 1.54) is 12.1 Å². The number of amides is 1. The Bertz CT molecular complexity index is 594. The van der Waals surface area contributed by atoms with Gasteiger partial charge in [0.1, 0.15) is 12.4 Å². The van der Waals surface area contributed by atoms with Crippen LogP contribution in [0.4, 0.5) is 10.1 Å². The Balaban J connectivity index is 1.96. The van der Waals surface area contributed by atoms with Crippen molar-refractivity contribution in [3.8, 4) is 0 Å². The summed E-state index contributed by atoms with van der Waals surface area (Å²) in [5.41, 5.74) is 1.03. The van der Waals surface area contributed by atoms with Gasteiger partial charge in [0.25, 0.3) is 0 Å². The Kier molecular flexibility index (Phi) is 7.69. The molecule has 1 aromatic rings. The molecular weight excluding hydrogens is 333 g/mol. The highest BCUT2D eigenvalue weighted by Gasteiger charge is 2.20. The van der Waals surface area contributed by atoms with Crippen LogP contribution in [-0.2, 0) is 4.79 Å². The molecule has 7 heteroatoms. The summed E-state index contributed by atoms with van der Waals surface area (Å²) < 4.78 is 13.1. The number of nitrogens with one attached hydrogen (secondary N) is 1. The summed E-state index contributed by atoms with van der Waals surface area (Å²) in [7, 11) is 3.48. The van der Waals surface area contributed by atoms with E-state index in [4.69, 9.17) is 0 Å². The number of aliphatic imine (C=N–C) groups is 1. The molecule has 144 valence electrons. The molecule has 1 saturated heterocycles. The van der Waals surface area contributed by atoms with Crippen molar-refractivity contribution < 1.29 is 9.18 Å². The standard InChI is InChI=1S/C19H30FN5O/c1-4-5-10-21-19(22-15-18(26)23(2)3)25-13-11-24(12-14-25)17-8-6-16(20)7-9-17/h6-9H,4-5,10-15H2,1-3H3,(H,21,22). The summed E-state index contributed by atoms with van der Waals surface area (Å²) in [4.78, 5) is 22.4. The van der Waals surface area contributed by atoms with Gasteiger partial charge < -0.3 is 20.0 Å². The van der Waals surface area contributed by atoms with Gasteiger partial charge in [0.2, 0.25) is 5.91 Å². The number of piperazine rings is 1. The Labute approximate surface area is 155 Å². The van der Waals surface area contributed by atoms with Gasteiger partial charge in [-0.2, -0.15) is 0 Å². The van der Waals surface area contributed by atoms with Crippen LogP contribution in [0.1, 0.15) is 19.8 Å². The average molecular weight is 363 g/mol. The van der Waals surface area contributed by atoms with E-state index in [9.17, 15) is 9.18 Å². The maximum Gasteiger partial charge on any atom is 0.243 e. The predicted octanol–water partition coefficient (Wildman–Crippen LogP) is 1.78. The quantitative estimate of drug-likeness (QED) is 0.476. The van der Waals surface area contributed by atoms with Crippen LogP contribution in [-0.4, -0.2) is 75.0 Å². The van der Waals surface area contributed by atoms with Crippen LogP contribution in [0.3, 0.4) is 0 Å². The fourth-order valence-electron chi connectivity index (χ4n) is 2.76. The van der Waals surface area contributed by atoms with Gasteiger partial charge in [0.15, 0.2) is 5.96 Å². The van der Waals surface area contributed by atoms with E-state index in [2.05, 4.69) is 27.0 Å². The number of hydrogen-bond donors (Lipinski definition) is 1. The molecule has 1 N–H and O–H groups in total. The van der Waals surface area contributed by atoms with Gasteiger partial charge in [-0.15, -0.1) is 0 Å². The number of nitrogens with zero attached hydrogens (tertiary/aromatic N) is 4. The van der Waals surface area contributed by atoms with Gasteiger partial charge in [-0.25, -0.2) is 9.38 Å². The highest BCUT2D eigenvalue weighted by molar-refractivity contribution is 5.85. The molecule has 1 amide bonds. The first-order chi connectivity index (χ1) is 12.5. The SMILES string of the molecule is CCCCNC(=NCC(=O)N(C)C)N1CCN(c2ccc(F)cc2)CC1. The van der Waals surface area contributed by atoms with Crippen LogP contribution in [0.25, 0.3) is 0 Å². The number of benzene rings is 1. The van der Waals surface area contributed by atoms with Gasteiger partial charge in [-0.05, 0) is 30.7 Å². The number of carbonyl (C=O) groups excluding carboxylic acids is 1. The lowest BCUT2D eigenvalue weighted by atomic mass is 10.2. The van der Waals surface area contributed by atoms with E-state index in [0.717, 1.165) is 57.2 Å². The Morgan fingerprint density at radius 2 is 1.85 bits per heavy atom. The second-order valence-electron chi connectivity index (χ2n) is 6.66. The lowest BCUT2D eigenvalue weighted by Crippen LogP contribution is -2.53. The molecule has 2 rings (SSSR count). The number of likely N-dealkylation sites (N-methyl/N-ethyl adjacent to an activating group) is 1. The van der Waals surface area contributed by atoms with Crippen molar-refractivity contribution in [3.63, 3.8) is 0 Å². The number of guanidine groups is 1. The topological polar surface area (TPSA) is 51.2 Å². The first-order valence-corrected chi connectivity index (χ1v) is 9.25. The Hall–Kier alpha value is -2.31. The fourth-order valence-corrected chi connectivity index (χ4v) is 2.76. The zero-order valence-electron chi connectivity index (χ0n) is 16.0. The molecule has 1 aliphatic rings. The lowest BCUT2D eigenvalue weighted by Gasteiger charge is -2.37. The molecule has 6 nitrogen and oxygen atoms in total. The van der Waals surface area contributed by atoms with E-state index in [1.807, 2.05) is 12.1 Å². The Morgan fingerprint density at radius 1 is 1.19 bits per heavy atom. The molecule has 1 aliphatic heterocycles. The molecule has 0 atom stereocenters. The van der Waals surface area contributed by atoms with Crippen LogP contribution in [0.2, 0.25) is 0 Å². The van der Waals surface area contributed by atoms with Gasteiger partial charge in [-0.3, -0.25) is 4.79 Å². The number of carbonyl (C=O) groups is 1. The largest absolute Gasteiger partial charge is 0.368 e. The molecule has 0 unspecified atom stereocenters. The second kappa shape index (κ2) is 9.99. The van der Waals surface area contributed by atoms with Crippen molar-refractivity contribution in [2.45, 2.75) is 19.8 Å². The average Bonchev–Trinajstić information content (AvgIpc) is 2.65. The van der Waals surface area contributed by atoms with E-state index in [-0.39, 0.29) is 18.3 Å². The predicted molar refractivity (Wildman–Crippen MR) is 104 cm³/mol. The van der Waals surface area contributed by atoms with Crippen LogP contribution in [0, 0.1) is 5.82 Å². The third-order valence-electron chi connectivity index (χ3n) is 4.45. The minimum atomic E-state index is -0.215. The van der Waals surface area contributed by atoms with Crippen molar-refractivity contribution in [1.82, 2.24) is 15.1 Å².